The van der Waals surface area contributed by atoms with Crippen molar-refractivity contribution in [3.05, 3.63) is 28.8 Å². The molecule has 4 heteroatoms. The minimum atomic E-state index is 0.603. The van der Waals surface area contributed by atoms with E-state index >= 15 is 0 Å². The highest BCUT2D eigenvalue weighted by atomic mass is 35.5. The molecule has 1 aromatic carbocycles. The average Bonchev–Trinajstić information content (AvgIpc) is 2.47. The number of piperazine rings is 1. The molecule has 3 nitrogen and oxygen atoms in total. The molecule has 0 bridgehead atoms. The Labute approximate surface area is 127 Å². The van der Waals surface area contributed by atoms with Crippen molar-refractivity contribution in [2.24, 2.45) is 0 Å². The van der Waals surface area contributed by atoms with Gasteiger partial charge in [-0.2, -0.15) is 0 Å². The highest BCUT2D eigenvalue weighted by molar-refractivity contribution is 6.32. The molecule has 112 valence electrons. The molecule has 1 saturated heterocycles. The quantitative estimate of drug-likeness (QED) is 0.902. The number of benzene rings is 1. The van der Waals surface area contributed by atoms with Crippen molar-refractivity contribution >= 4 is 11.6 Å². The van der Waals surface area contributed by atoms with E-state index in [2.05, 4.69) is 30.1 Å². The van der Waals surface area contributed by atoms with Crippen molar-refractivity contribution in [3.8, 4) is 5.75 Å². The zero-order valence-corrected chi connectivity index (χ0v) is 13.4. The van der Waals surface area contributed by atoms with E-state index in [1.807, 2.05) is 12.1 Å². The van der Waals surface area contributed by atoms with Crippen LogP contribution in [-0.2, 0) is 6.54 Å². The van der Waals surface area contributed by atoms with E-state index in [0.29, 0.717) is 17.1 Å². The van der Waals surface area contributed by atoms with Gasteiger partial charge in [0.15, 0.2) is 0 Å². The Kier molecular flexibility index (Phi) is 5.70. The number of rotatable bonds is 5. The molecule has 0 aromatic heterocycles. The molecule has 1 fully saturated rings. The molecule has 1 heterocycles. The Morgan fingerprint density at radius 3 is 2.75 bits per heavy atom. The van der Waals surface area contributed by atoms with Crippen LogP contribution in [-0.4, -0.2) is 37.2 Å². The Hall–Kier alpha value is -0.770. The maximum absolute atomic E-state index is 6.22. The molecular weight excluding hydrogens is 272 g/mol. The second kappa shape index (κ2) is 7.30. The molecule has 0 saturated carbocycles. The van der Waals surface area contributed by atoms with Crippen LogP contribution in [0, 0.1) is 0 Å². The van der Waals surface area contributed by atoms with Crippen LogP contribution < -0.4 is 10.1 Å². The summed E-state index contributed by atoms with van der Waals surface area (Å²) < 4.78 is 5.21. The molecular formula is C16H25ClN2O. The van der Waals surface area contributed by atoms with Gasteiger partial charge in [-0.3, -0.25) is 4.90 Å². The summed E-state index contributed by atoms with van der Waals surface area (Å²) in [5.41, 5.74) is 1.26. The summed E-state index contributed by atoms with van der Waals surface area (Å²) in [7, 11) is 1.65. The number of halogens is 1. The van der Waals surface area contributed by atoms with Crippen LogP contribution in [0.5, 0.6) is 5.75 Å². The van der Waals surface area contributed by atoms with Crippen molar-refractivity contribution in [3.63, 3.8) is 0 Å². The standard InChI is InChI=1S/C16H25ClN2O/c1-4-13-11-19(14(5-2)9-18-13)10-12-6-7-16(20-3)15(17)8-12/h6-8,13-14,18H,4-5,9-11H2,1-3H3. The summed E-state index contributed by atoms with van der Waals surface area (Å²) in [5, 5.41) is 4.32. The third-order valence-electron chi connectivity index (χ3n) is 4.18. The first-order valence-corrected chi connectivity index (χ1v) is 7.85. The van der Waals surface area contributed by atoms with Crippen molar-refractivity contribution in [2.75, 3.05) is 20.2 Å². The largest absolute Gasteiger partial charge is 0.495 e. The third-order valence-corrected chi connectivity index (χ3v) is 4.47. The van der Waals surface area contributed by atoms with Crippen molar-refractivity contribution in [1.82, 2.24) is 10.2 Å². The lowest BCUT2D eigenvalue weighted by Crippen LogP contribution is -2.55. The fourth-order valence-electron chi connectivity index (χ4n) is 2.84. The van der Waals surface area contributed by atoms with Crippen LogP contribution in [0.4, 0.5) is 0 Å². The molecule has 1 N–H and O–H groups in total. The van der Waals surface area contributed by atoms with Crippen LogP contribution in [0.1, 0.15) is 32.3 Å². The van der Waals surface area contributed by atoms with E-state index < -0.39 is 0 Å². The molecule has 0 spiro atoms. The van der Waals surface area contributed by atoms with Gasteiger partial charge < -0.3 is 10.1 Å². The fourth-order valence-corrected chi connectivity index (χ4v) is 3.12. The van der Waals surface area contributed by atoms with Crippen LogP contribution in [0.3, 0.4) is 0 Å². The van der Waals surface area contributed by atoms with E-state index in [4.69, 9.17) is 16.3 Å². The van der Waals surface area contributed by atoms with Gasteiger partial charge in [-0.25, -0.2) is 0 Å². The number of hydrogen-bond acceptors (Lipinski definition) is 3. The Bertz CT molecular complexity index is 438. The SMILES string of the molecule is CCC1CN(Cc2ccc(OC)c(Cl)c2)C(CC)CN1. The van der Waals surface area contributed by atoms with Crippen molar-refractivity contribution in [2.45, 2.75) is 45.3 Å². The Balaban J connectivity index is 2.07. The van der Waals surface area contributed by atoms with Crippen LogP contribution in [0.2, 0.25) is 5.02 Å². The maximum Gasteiger partial charge on any atom is 0.137 e. The van der Waals surface area contributed by atoms with Gasteiger partial charge in [-0.15, -0.1) is 0 Å². The lowest BCUT2D eigenvalue weighted by Gasteiger charge is -2.40. The molecule has 20 heavy (non-hydrogen) atoms. The zero-order valence-electron chi connectivity index (χ0n) is 12.7. The smallest absolute Gasteiger partial charge is 0.137 e. The van der Waals surface area contributed by atoms with E-state index in [1.165, 1.54) is 18.4 Å². The minimum Gasteiger partial charge on any atom is -0.495 e. The maximum atomic E-state index is 6.22. The van der Waals surface area contributed by atoms with Crippen LogP contribution in [0.15, 0.2) is 18.2 Å². The molecule has 2 unspecified atom stereocenters. The summed E-state index contributed by atoms with van der Waals surface area (Å²) in [6.07, 6.45) is 2.35. The highest BCUT2D eigenvalue weighted by Crippen LogP contribution is 2.26. The lowest BCUT2D eigenvalue weighted by molar-refractivity contribution is 0.117. The van der Waals surface area contributed by atoms with Gasteiger partial charge in [0.1, 0.15) is 5.75 Å². The third kappa shape index (κ3) is 3.66. The van der Waals surface area contributed by atoms with Crippen molar-refractivity contribution < 1.29 is 4.74 Å². The Morgan fingerprint density at radius 2 is 2.15 bits per heavy atom. The van der Waals surface area contributed by atoms with Gasteiger partial charge in [0.25, 0.3) is 0 Å². The first-order valence-electron chi connectivity index (χ1n) is 7.47. The molecule has 1 aliphatic rings. The van der Waals surface area contributed by atoms with Crippen LogP contribution in [0.25, 0.3) is 0 Å². The molecule has 2 atom stereocenters. The summed E-state index contributed by atoms with van der Waals surface area (Å²) in [6, 6.07) is 7.31. The minimum absolute atomic E-state index is 0.603. The monoisotopic (exact) mass is 296 g/mol. The van der Waals surface area contributed by atoms with Gasteiger partial charge in [-0.05, 0) is 30.5 Å². The second-order valence-corrected chi connectivity index (χ2v) is 5.88. The molecule has 0 radical (unpaired) electrons. The van der Waals surface area contributed by atoms with Gasteiger partial charge in [0.2, 0.25) is 0 Å². The molecule has 1 aromatic rings. The van der Waals surface area contributed by atoms with Gasteiger partial charge >= 0.3 is 0 Å². The van der Waals surface area contributed by atoms with Crippen molar-refractivity contribution in [1.29, 1.82) is 0 Å². The summed E-state index contributed by atoms with van der Waals surface area (Å²) in [4.78, 5) is 2.57. The van der Waals surface area contributed by atoms with Gasteiger partial charge in [-0.1, -0.05) is 31.5 Å². The van der Waals surface area contributed by atoms with E-state index in [0.717, 1.165) is 25.4 Å². The summed E-state index contributed by atoms with van der Waals surface area (Å²) in [6.45, 7) is 7.65. The number of hydrogen-bond donors (Lipinski definition) is 1. The van der Waals surface area contributed by atoms with Gasteiger partial charge in [0.05, 0.1) is 12.1 Å². The van der Waals surface area contributed by atoms with Gasteiger partial charge in [0, 0.05) is 31.7 Å². The molecule has 0 amide bonds. The fraction of sp³-hybridized carbons (Fsp3) is 0.625. The number of ether oxygens (including phenoxy) is 1. The molecule has 1 aliphatic heterocycles. The summed E-state index contributed by atoms with van der Waals surface area (Å²) in [5.74, 6) is 0.745. The van der Waals surface area contributed by atoms with E-state index in [1.54, 1.807) is 7.11 Å². The van der Waals surface area contributed by atoms with E-state index in [-0.39, 0.29) is 0 Å². The number of methoxy groups -OCH3 is 1. The number of nitrogens with one attached hydrogen (secondary N) is 1. The predicted molar refractivity (Wildman–Crippen MR) is 84.6 cm³/mol. The first kappa shape index (κ1) is 15.6. The number of nitrogens with zero attached hydrogens (tertiary/aromatic N) is 1. The lowest BCUT2D eigenvalue weighted by atomic mass is 10.0. The topological polar surface area (TPSA) is 24.5 Å². The Morgan fingerprint density at radius 1 is 1.35 bits per heavy atom. The molecule has 2 rings (SSSR count). The highest BCUT2D eigenvalue weighted by Gasteiger charge is 2.25. The predicted octanol–water partition coefficient (Wildman–Crippen LogP) is 3.31. The second-order valence-electron chi connectivity index (χ2n) is 5.47. The normalized spacial score (nSPS) is 23.8. The summed E-state index contributed by atoms with van der Waals surface area (Å²) >= 11 is 6.22. The zero-order chi connectivity index (χ0) is 14.5. The van der Waals surface area contributed by atoms with E-state index in [9.17, 15) is 0 Å². The molecule has 0 aliphatic carbocycles. The first-order chi connectivity index (χ1) is 9.67. The average molecular weight is 297 g/mol. The van der Waals surface area contributed by atoms with Crippen LogP contribution >= 0.6 is 11.6 Å².